The van der Waals surface area contributed by atoms with E-state index in [0.29, 0.717) is 24.7 Å². The predicted octanol–water partition coefficient (Wildman–Crippen LogP) is 0.589. The first-order valence-corrected chi connectivity index (χ1v) is 7.33. The zero-order valence-corrected chi connectivity index (χ0v) is 10.7. The van der Waals surface area contributed by atoms with Crippen LogP contribution in [0.2, 0.25) is 0 Å². The van der Waals surface area contributed by atoms with Crippen molar-refractivity contribution in [3.05, 3.63) is 29.8 Å². The standard InChI is InChI=1S/C12H15N3O2S/c13-9-10-2-1-3-12(8-10)18(16,17)15-7-6-14-11-4-5-11/h1-3,8,11,14-15H,4-7H2. The summed E-state index contributed by atoms with van der Waals surface area (Å²) in [5, 5.41) is 12.0. The summed E-state index contributed by atoms with van der Waals surface area (Å²) < 4.78 is 26.3. The van der Waals surface area contributed by atoms with E-state index < -0.39 is 10.0 Å². The van der Waals surface area contributed by atoms with E-state index in [0.717, 1.165) is 0 Å². The number of hydrogen-bond donors (Lipinski definition) is 2. The van der Waals surface area contributed by atoms with Crippen LogP contribution in [0.25, 0.3) is 0 Å². The zero-order valence-electron chi connectivity index (χ0n) is 9.89. The minimum absolute atomic E-state index is 0.132. The number of nitrogens with zero attached hydrogens (tertiary/aromatic N) is 1. The van der Waals surface area contributed by atoms with Crippen molar-refractivity contribution in [2.24, 2.45) is 0 Å². The molecule has 18 heavy (non-hydrogen) atoms. The largest absolute Gasteiger partial charge is 0.313 e. The van der Waals surface area contributed by atoms with E-state index in [4.69, 9.17) is 5.26 Å². The van der Waals surface area contributed by atoms with Gasteiger partial charge < -0.3 is 5.32 Å². The SMILES string of the molecule is N#Cc1cccc(S(=O)(=O)NCCNC2CC2)c1. The first kappa shape index (κ1) is 13.0. The van der Waals surface area contributed by atoms with Crippen molar-refractivity contribution in [1.29, 1.82) is 5.26 Å². The predicted molar refractivity (Wildman–Crippen MR) is 67.4 cm³/mol. The van der Waals surface area contributed by atoms with E-state index in [-0.39, 0.29) is 4.90 Å². The topological polar surface area (TPSA) is 82.0 Å². The molecular formula is C12H15N3O2S. The fraction of sp³-hybridized carbons (Fsp3) is 0.417. The second-order valence-electron chi connectivity index (χ2n) is 4.27. The maximum absolute atomic E-state index is 11.9. The molecule has 0 bridgehead atoms. The number of nitriles is 1. The summed E-state index contributed by atoms with van der Waals surface area (Å²) >= 11 is 0. The summed E-state index contributed by atoms with van der Waals surface area (Å²) in [6.07, 6.45) is 2.36. The molecule has 0 heterocycles. The Labute approximate surface area is 107 Å². The Kier molecular flexibility index (Phi) is 3.97. The normalized spacial score (nSPS) is 15.3. The molecular weight excluding hydrogens is 250 g/mol. The van der Waals surface area contributed by atoms with E-state index in [1.54, 1.807) is 12.1 Å². The molecule has 0 amide bonds. The van der Waals surface area contributed by atoms with Gasteiger partial charge in [-0.25, -0.2) is 13.1 Å². The number of benzene rings is 1. The van der Waals surface area contributed by atoms with Gasteiger partial charge in [-0.1, -0.05) is 6.07 Å². The van der Waals surface area contributed by atoms with Crippen LogP contribution < -0.4 is 10.0 Å². The first-order valence-electron chi connectivity index (χ1n) is 5.85. The molecule has 1 aromatic rings. The van der Waals surface area contributed by atoms with Crippen LogP contribution in [0.5, 0.6) is 0 Å². The van der Waals surface area contributed by atoms with Crippen molar-refractivity contribution < 1.29 is 8.42 Å². The van der Waals surface area contributed by atoms with Crippen LogP contribution in [0.4, 0.5) is 0 Å². The molecule has 0 aliphatic heterocycles. The average Bonchev–Trinajstić information content (AvgIpc) is 3.19. The van der Waals surface area contributed by atoms with Crippen LogP contribution in [0.1, 0.15) is 18.4 Å². The quantitative estimate of drug-likeness (QED) is 0.737. The van der Waals surface area contributed by atoms with Gasteiger partial charge in [0.1, 0.15) is 0 Å². The second kappa shape index (κ2) is 5.48. The molecule has 2 rings (SSSR count). The van der Waals surface area contributed by atoms with Gasteiger partial charge in [0.2, 0.25) is 10.0 Å². The van der Waals surface area contributed by atoms with Crippen molar-refractivity contribution in [2.45, 2.75) is 23.8 Å². The molecule has 5 nitrogen and oxygen atoms in total. The Morgan fingerprint density at radius 1 is 1.33 bits per heavy atom. The maximum Gasteiger partial charge on any atom is 0.240 e. The lowest BCUT2D eigenvalue weighted by atomic mass is 10.2. The molecule has 96 valence electrons. The van der Waals surface area contributed by atoms with Crippen molar-refractivity contribution >= 4 is 10.0 Å². The van der Waals surface area contributed by atoms with Gasteiger partial charge in [-0.15, -0.1) is 0 Å². The molecule has 0 aromatic heterocycles. The first-order chi connectivity index (χ1) is 8.62. The Bertz CT molecular complexity index is 559. The molecule has 0 unspecified atom stereocenters. The molecule has 1 fully saturated rings. The molecule has 0 spiro atoms. The van der Waals surface area contributed by atoms with Crippen molar-refractivity contribution in [3.63, 3.8) is 0 Å². The van der Waals surface area contributed by atoms with E-state index in [1.165, 1.54) is 25.0 Å². The minimum Gasteiger partial charge on any atom is -0.313 e. The van der Waals surface area contributed by atoms with E-state index in [9.17, 15) is 8.42 Å². The minimum atomic E-state index is -3.51. The summed E-state index contributed by atoms with van der Waals surface area (Å²) in [6, 6.07) is 8.49. The fourth-order valence-corrected chi connectivity index (χ4v) is 2.64. The summed E-state index contributed by atoms with van der Waals surface area (Å²) in [7, 11) is -3.51. The van der Waals surface area contributed by atoms with Gasteiger partial charge in [-0.2, -0.15) is 5.26 Å². The Balaban J connectivity index is 1.93. The lowest BCUT2D eigenvalue weighted by molar-refractivity contribution is 0.575. The maximum atomic E-state index is 11.9. The highest BCUT2D eigenvalue weighted by Gasteiger charge is 2.20. The highest BCUT2D eigenvalue weighted by Crippen LogP contribution is 2.17. The number of nitrogens with one attached hydrogen (secondary N) is 2. The number of hydrogen-bond acceptors (Lipinski definition) is 4. The van der Waals surface area contributed by atoms with Crippen LogP contribution in [-0.2, 0) is 10.0 Å². The van der Waals surface area contributed by atoms with Gasteiger partial charge in [0.25, 0.3) is 0 Å². The van der Waals surface area contributed by atoms with Gasteiger partial charge >= 0.3 is 0 Å². The summed E-state index contributed by atoms with van der Waals surface area (Å²) in [5.74, 6) is 0. The average molecular weight is 265 g/mol. The van der Waals surface area contributed by atoms with E-state index >= 15 is 0 Å². The van der Waals surface area contributed by atoms with Gasteiger partial charge in [-0.3, -0.25) is 0 Å². The van der Waals surface area contributed by atoms with Crippen molar-refractivity contribution in [2.75, 3.05) is 13.1 Å². The molecule has 0 radical (unpaired) electrons. The molecule has 0 atom stereocenters. The fourth-order valence-electron chi connectivity index (χ4n) is 1.57. The number of sulfonamides is 1. The van der Waals surface area contributed by atoms with Crippen LogP contribution in [0, 0.1) is 11.3 Å². The Hall–Kier alpha value is -1.42. The summed E-state index contributed by atoms with van der Waals surface area (Å²) in [5.41, 5.74) is 0.342. The third-order valence-corrected chi connectivity index (χ3v) is 4.16. The van der Waals surface area contributed by atoms with Crippen LogP contribution in [0.15, 0.2) is 29.2 Å². The van der Waals surface area contributed by atoms with Gasteiger partial charge in [0, 0.05) is 19.1 Å². The van der Waals surface area contributed by atoms with Crippen LogP contribution in [0.3, 0.4) is 0 Å². The zero-order chi connectivity index (χ0) is 13.0. The number of rotatable bonds is 6. The third kappa shape index (κ3) is 3.53. The molecule has 2 N–H and O–H groups in total. The monoisotopic (exact) mass is 265 g/mol. The van der Waals surface area contributed by atoms with Crippen molar-refractivity contribution in [1.82, 2.24) is 10.0 Å². The second-order valence-corrected chi connectivity index (χ2v) is 6.03. The Morgan fingerprint density at radius 3 is 2.78 bits per heavy atom. The molecule has 1 saturated carbocycles. The highest BCUT2D eigenvalue weighted by atomic mass is 32.2. The molecule has 1 aliphatic rings. The molecule has 1 aliphatic carbocycles. The van der Waals surface area contributed by atoms with Gasteiger partial charge in [0.15, 0.2) is 0 Å². The molecule has 0 saturated heterocycles. The molecule has 1 aromatic carbocycles. The Morgan fingerprint density at radius 2 is 2.11 bits per heavy atom. The summed E-state index contributed by atoms with van der Waals surface area (Å²) in [6.45, 7) is 0.984. The van der Waals surface area contributed by atoms with E-state index in [1.807, 2.05) is 6.07 Å². The van der Waals surface area contributed by atoms with Gasteiger partial charge in [-0.05, 0) is 31.0 Å². The van der Waals surface area contributed by atoms with Crippen LogP contribution in [-0.4, -0.2) is 27.5 Å². The van der Waals surface area contributed by atoms with Gasteiger partial charge in [0.05, 0.1) is 16.5 Å². The van der Waals surface area contributed by atoms with Crippen molar-refractivity contribution in [3.8, 4) is 6.07 Å². The lowest BCUT2D eigenvalue weighted by Crippen LogP contribution is -2.32. The lowest BCUT2D eigenvalue weighted by Gasteiger charge is -2.07. The van der Waals surface area contributed by atoms with E-state index in [2.05, 4.69) is 10.0 Å². The van der Waals surface area contributed by atoms with Crippen LogP contribution >= 0.6 is 0 Å². The highest BCUT2D eigenvalue weighted by molar-refractivity contribution is 7.89. The summed E-state index contributed by atoms with van der Waals surface area (Å²) in [4.78, 5) is 0.132. The smallest absolute Gasteiger partial charge is 0.240 e. The molecule has 6 heteroatoms. The third-order valence-electron chi connectivity index (χ3n) is 2.70.